The van der Waals surface area contributed by atoms with E-state index in [0.29, 0.717) is 17.1 Å². The minimum atomic E-state index is -0.635. The zero-order valence-electron chi connectivity index (χ0n) is 19.1. The summed E-state index contributed by atoms with van der Waals surface area (Å²) >= 11 is 1.04. The van der Waals surface area contributed by atoms with Gasteiger partial charge in [0.25, 0.3) is 0 Å². The fraction of sp³-hybridized carbons (Fsp3) is 0.250. The van der Waals surface area contributed by atoms with Gasteiger partial charge < -0.3 is 15.4 Å². The van der Waals surface area contributed by atoms with Gasteiger partial charge in [0.15, 0.2) is 5.17 Å². The summed E-state index contributed by atoms with van der Waals surface area (Å²) in [7, 11) is 5.54. The van der Waals surface area contributed by atoms with Gasteiger partial charge in [0, 0.05) is 26.2 Å². The Labute approximate surface area is 197 Å². The predicted molar refractivity (Wildman–Crippen MR) is 136 cm³/mol. The molecule has 33 heavy (non-hydrogen) atoms. The average Bonchev–Trinajstić information content (AvgIpc) is 3.09. The van der Waals surface area contributed by atoms with Gasteiger partial charge in [-0.1, -0.05) is 30.0 Å². The molecule has 0 bridgehead atoms. The second kappa shape index (κ2) is 10.8. The van der Waals surface area contributed by atoms with Gasteiger partial charge >= 0.3 is 0 Å². The van der Waals surface area contributed by atoms with Gasteiger partial charge in [0.05, 0.1) is 18.5 Å². The van der Waals surface area contributed by atoms with Crippen LogP contribution in [0, 0.1) is 0 Å². The zero-order valence-corrected chi connectivity index (χ0v) is 19.9. The van der Waals surface area contributed by atoms with E-state index < -0.39 is 5.25 Å². The number of nitrogens with two attached hydrogens (primary N) is 1. The molecule has 1 aliphatic rings. The van der Waals surface area contributed by atoms with E-state index in [2.05, 4.69) is 10.2 Å². The summed E-state index contributed by atoms with van der Waals surface area (Å²) in [5.41, 5.74) is 9.28. The lowest BCUT2D eigenvalue weighted by molar-refractivity contribution is -0.121. The number of rotatable bonds is 7. The Morgan fingerprint density at radius 3 is 2.39 bits per heavy atom. The van der Waals surface area contributed by atoms with Crippen molar-refractivity contribution in [3.05, 3.63) is 60.2 Å². The van der Waals surface area contributed by atoms with Crippen LogP contribution in [0.5, 0.6) is 5.75 Å². The lowest BCUT2D eigenvalue weighted by Gasteiger charge is -2.15. The summed E-state index contributed by atoms with van der Waals surface area (Å²) in [6, 6.07) is 14.9. The molecule has 0 unspecified atom stereocenters. The number of nitrogens with zero attached hydrogens (tertiary/aromatic N) is 4. The molecular weight excluding hydrogens is 438 g/mol. The summed E-state index contributed by atoms with van der Waals surface area (Å²) in [5.74, 6) is 0.0430. The Morgan fingerprint density at radius 2 is 1.79 bits per heavy atom. The molecule has 2 aromatic carbocycles. The third-order valence-corrected chi connectivity index (χ3v) is 5.91. The van der Waals surface area contributed by atoms with Crippen molar-refractivity contribution in [2.45, 2.75) is 18.6 Å². The van der Waals surface area contributed by atoms with Crippen LogP contribution >= 0.6 is 11.8 Å². The maximum absolute atomic E-state index is 12.8. The molecule has 1 saturated heterocycles. The van der Waals surface area contributed by atoms with Gasteiger partial charge in [-0.3, -0.25) is 9.59 Å². The summed E-state index contributed by atoms with van der Waals surface area (Å²) in [6.45, 7) is 1.81. The van der Waals surface area contributed by atoms with Crippen LogP contribution in [-0.4, -0.2) is 49.1 Å². The second-order valence-electron chi connectivity index (χ2n) is 7.57. The number of benzene rings is 2. The number of amides is 2. The first-order valence-electron chi connectivity index (χ1n) is 10.3. The van der Waals surface area contributed by atoms with Gasteiger partial charge in [-0.05, 0) is 55.0 Å². The number of hydrogen-bond acceptors (Lipinski definition) is 7. The molecule has 9 heteroatoms. The maximum Gasteiger partial charge on any atom is 0.247 e. The van der Waals surface area contributed by atoms with Crippen LogP contribution in [0.25, 0.3) is 6.08 Å². The average molecular weight is 466 g/mol. The predicted octanol–water partition coefficient (Wildman–Crippen LogP) is 3.53. The van der Waals surface area contributed by atoms with Crippen molar-refractivity contribution >= 4 is 51.9 Å². The van der Waals surface area contributed by atoms with Gasteiger partial charge in [-0.2, -0.15) is 5.10 Å². The first-order valence-corrected chi connectivity index (χ1v) is 11.2. The molecule has 0 aliphatic carbocycles. The van der Waals surface area contributed by atoms with Crippen molar-refractivity contribution < 1.29 is 14.3 Å². The summed E-state index contributed by atoms with van der Waals surface area (Å²) < 4.78 is 5.12. The van der Waals surface area contributed by atoms with Crippen LogP contribution in [0.4, 0.5) is 11.4 Å². The molecule has 2 amide bonds. The molecule has 8 nitrogen and oxygen atoms in total. The number of allylic oxidation sites excluding steroid dienone is 1. The molecule has 172 valence electrons. The maximum atomic E-state index is 12.8. The summed E-state index contributed by atoms with van der Waals surface area (Å²) in [4.78, 5) is 28.4. The standard InChI is InChI=1S/C24H27N5O3S/c1-16(5-6-17-7-9-18(10-8-17)28(2)3)26-27-24(25)33-21-15-22(30)29(23(21)31)19-11-13-20(32-4)14-12-19/h5-14,21H,15H2,1-4H3,(H2,25,27)/b6-5-,26-16?/t21-/m0/s1. The quantitative estimate of drug-likeness (QED) is 0.291. The van der Waals surface area contributed by atoms with Gasteiger partial charge in [0.2, 0.25) is 11.8 Å². The smallest absolute Gasteiger partial charge is 0.247 e. The van der Waals surface area contributed by atoms with Crippen molar-refractivity contribution in [1.82, 2.24) is 0 Å². The minimum Gasteiger partial charge on any atom is -0.497 e. The van der Waals surface area contributed by atoms with Crippen LogP contribution in [-0.2, 0) is 9.59 Å². The van der Waals surface area contributed by atoms with Gasteiger partial charge in [-0.15, -0.1) is 5.10 Å². The Morgan fingerprint density at radius 1 is 1.12 bits per heavy atom. The summed E-state index contributed by atoms with van der Waals surface area (Å²) in [5, 5.41) is 7.60. The van der Waals surface area contributed by atoms with E-state index >= 15 is 0 Å². The number of anilines is 2. The number of amidine groups is 1. The van der Waals surface area contributed by atoms with E-state index in [-0.39, 0.29) is 23.4 Å². The van der Waals surface area contributed by atoms with E-state index in [4.69, 9.17) is 10.5 Å². The minimum absolute atomic E-state index is 0.0529. The summed E-state index contributed by atoms with van der Waals surface area (Å²) in [6.07, 6.45) is 3.82. The van der Waals surface area contributed by atoms with Crippen molar-refractivity contribution in [2.24, 2.45) is 15.9 Å². The van der Waals surface area contributed by atoms with Crippen molar-refractivity contribution in [1.29, 1.82) is 0 Å². The third-order valence-electron chi connectivity index (χ3n) is 4.93. The molecule has 1 aliphatic heterocycles. The molecule has 0 saturated carbocycles. The largest absolute Gasteiger partial charge is 0.497 e. The fourth-order valence-electron chi connectivity index (χ4n) is 3.13. The zero-order chi connectivity index (χ0) is 24.0. The van der Waals surface area contributed by atoms with E-state index in [1.54, 1.807) is 31.4 Å². The molecule has 0 aromatic heterocycles. The molecule has 2 aromatic rings. The van der Waals surface area contributed by atoms with Crippen molar-refractivity contribution in [2.75, 3.05) is 31.0 Å². The van der Waals surface area contributed by atoms with Crippen LogP contribution in [0.1, 0.15) is 18.9 Å². The van der Waals surface area contributed by atoms with E-state index in [1.165, 1.54) is 4.90 Å². The van der Waals surface area contributed by atoms with Crippen LogP contribution < -0.4 is 20.3 Å². The van der Waals surface area contributed by atoms with Crippen molar-refractivity contribution in [3.8, 4) is 5.75 Å². The number of thioether (sulfide) groups is 1. The molecule has 1 fully saturated rings. The van der Waals surface area contributed by atoms with Gasteiger partial charge in [-0.25, -0.2) is 4.90 Å². The molecule has 3 rings (SSSR count). The topological polar surface area (TPSA) is 101 Å². The Bertz CT molecular complexity index is 1090. The normalized spacial score (nSPS) is 17.2. The van der Waals surface area contributed by atoms with Crippen LogP contribution in [0.3, 0.4) is 0 Å². The van der Waals surface area contributed by atoms with E-state index in [0.717, 1.165) is 23.0 Å². The SMILES string of the molecule is COc1ccc(N2C(=O)C[C@H](SC(N)=NN=C(C)/C=C\c3ccc(N(C)C)cc3)C2=O)cc1. The number of ether oxygens (including phenoxy) is 1. The molecule has 2 N–H and O–H groups in total. The highest BCUT2D eigenvalue weighted by atomic mass is 32.2. The third kappa shape index (κ3) is 6.23. The molecule has 0 spiro atoms. The van der Waals surface area contributed by atoms with Gasteiger partial charge in [0.1, 0.15) is 11.0 Å². The molecule has 0 radical (unpaired) electrons. The number of hydrogen-bond donors (Lipinski definition) is 1. The molecular formula is C24H27N5O3S. The first kappa shape index (κ1) is 24.1. The Balaban J connectivity index is 1.60. The lowest BCUT2D eigenvalue weighted by atomic mass is 10.2. The molecule has 1 atom stereocenters. The van der Waals surface area contributed by atoms with Crippen molar-refractivity contribution in [3.63, 3.8) is 0 Å². The highest BCUT2D eigenvalue weighted by Crippen LogP contribution is 2.30. The van der Waals surface area contributed by atoms with Crippen LogP contribution in [0.15, 0.2) is 64.8 Å². The first-order chi connectivity index (χ1) is 15.8. The number of methoxy groups -OCH3 is 1. The fourth-order valence-corrected chi connectivity index (χ4v) is 3.94. The Hall–Kier alpha value is -3.59. The van der Waals surface area contributed by atoms with E-state index in [1.807, 2.05) is 62.3 Å². The highest BCUT2D eigenvalue weighted by molar-refractivity contribution is 8.14. The highest BCUT2D eigenvalue weighted by Gasteiger charge is 2.40. The lowest BCUT2D eigenvalue weighted by Crippen LogP contribution is -2.31. The molecule has 1 heterocycles. The van der Waals surface area contributed by atoms with E-state index in [9.17, 15) is 9.59 Å². The second-order valence-corrected chi connectivity index (χ2v) is 8.80. The Kier molecular flexibility index (Phi) is 7.89. The monoisotopic (exact) mass is 465 g/mol. The van der Waals surface area contributed by atoms with Crippen LogP contribution in [0.2, 0.25) is 0 Å². The number of carbonyl (C=O) groups is 2. The number of carbonyl (C=O) groups excluding carboxylic acids is 2. The number of imide groups is 1.